The zero-order valence-electron chi connectivity index (χ0n) is 14.3. The summed E-state index contributed by atoms with van der Waals surface area (Å²) >= 11 is 0. The van der Waals surface area contributed by atoms with E-state index in [-0.39, 0.29) is 5.96 Å². The number of carboxylic acid groups (broad SMARTS) is 1. The first kappa shape index (κ1) is 25.0. The van der Waals surface area contributed by atoms with Gasteiger partial charge in [0, 0.05) is 6.54 Å². The van der Waals surface area contributed by atoms with Crippen LogP contribution in [0, 0.1) is 5.41 Å². The van der Waals surface area contributed by atoms with Gasteiger partial charge in [0.05, 0.1) is 6.10 Å². The molecular weight excluding hydrogens is 336 g/mol. The number of aliphatic hydroxyl groups excluding tert-OH is 1. The predicted octanol–water partition coefficient (Wildman–Crippen LogP) is -3.23. The summed E-state index contributed by atoms with van der Waals surface area (Å²) < 4.78 is 4.44. The first-order valence-corrected chi connectivity index (χ1v) is 7.41. The molecule has 0 aliphatic heterocycles. The molecule has 4 atom stereocenters. The molecule has 0 amide bonds. The maximum Gasteiger partial charge on any atom is 0.330 e. The quantitative estimate of drug-likeness (QED) is 0.0699. The molecule has 0 aliphatic carbocycles. The fourth-order valence-corrected chi connectivity index (χ4v) is 1.14. The van der Waals surface area contributed by atoms with Crippen LogP contribution in [0.2, 0.25) is 0 Å². The molecule has 0 aliphatic rings. The highest BCUT2D eigenvalue weighted by atomic mass is 16.6. The maximum atomic E-state index is 11.3. The Morgan fingerprint density at radius 2 is 1.68 bits per heavy atom. The number of esters is 2. The van der Waals surface area contributed by atoms with E-state index in [1.54, 1.807) is 0 Å². The molecule has 0 rings (SSSR count). The van der Waals surface area contributed by atoms with Gasteiger partial charge in [0.25, 0.3) is 0 Å². The van der Waals surface area contributed by atoms with Crippen LogP contribution in [0.25, 0.3) is 0 Å². The monoisotopic (exact) mass is 364 g/mol. The number of rotatable bonds is 8. The van der Waals surface area contributed by atoms with Crippen LogP contribution >= 0.6 is 0 Å². The summed E-state index contributed by atoms with van der Waals surface area (Å²) in [5.74, 6) is -2.92. The summed E-state index contributed by atoms with van der Waals surface area (Å²) in [5.41, 5.74) is 20.7. The lowest BCUT2D eigenvalue weighted by Crippen LogP contribution is -2.39. The number of carbonyl (C=O) groups is 3. The van der Waals surface area contributed by atoms with Crippen LogP contribution in [0.3, 0.4) is 0 Å². The number of carbonyl (C=O) groups excluding carboxylic acids is 2. The number of ether oxygens (including phenoxy) is 1. The van der Waals surface area contributed by atoms with E-state index in [1.807, 2.05) is 0 Å². The van der Waals surface area contributed by atoms with Crippen molar-refractivity contribution in [2.24, 2.45) is 22.9 Å². The minimum atomic E-state index is -1.18. The normalized spacial score (nSPS) is 14.8. The Bertz CT molecular complexity index is 456. The number of aliphatic hydroxyl groups is 1. The van der Waals surface area contributed by atoms with Crippen LogP contribution in [0.15, 0.2) is 0 Å². The van der Waals surface area contributed by atoms with E-state index >= 15 is 0 Å². The van der Waals surface area contributed by atoms with Crippen molar-refractivity contribution in [1.29, 1.82) is 5.41 Å². The first-order valence-electron chi connectivity index (χ1n) is 7.41. The molecule has 0 unspecified atom stereocenters. The number of guanidine groups is 1. The Morgan fingerprint density at radius 3 is 2.00 bits per heavy atom. The van der Waals surface area contributed by atoms with E-state index in [0.29, 0.717) is 19.4 Å². The van der Waals surface area contributed by atoms with Crippen LogP contribution in [0.5, 0.6) is 0 Å². The van der Waals surface area contributed by atoms with Crippen molar-refractivity contribution in [2.75, 3.05) is 6.54 Å². The van der Waals surface area contributed by atoms with Crippen molar-refractivity contribution < 1.29 is 29.3 Å². The van der Waals surface area contributed by atoms with E-state index in [9.17, 15) is 14.4 Å². The van der Waals surface area contributed by atoms with Crippen molar-refractivity contribution in [2.45, 2.75) is 50.9 Å². The molecule has 25 heavy (non-hydrogen) atoms. The number of carboxylic acids is 1. The molecular formula is C13H28N6O6. The minimum Gasteiger partial charge on any atom is -0.480 e. The molecule has 12 N–H and O–H groups in total. The molecule has 12 nitrogen and oxygen atoms in total. The largest absolute Gasteiger partial charge is 0.480 e. The third kappa shape index (κ3) is 13.8. The molecule has 0 bridgehead atoms. The Hall–Kier alpha value is -2.28. The van der Waals surface area contributed by atoms with Gasteiger partial charge in [-0.25, -0.2) is 9.59 Å². The Morgan fingerprint density at radius 1 is 1.16 bits per heavy atom. The molecule has 0 spiro atoms. The third-order valence-corrected chi connectivity index (χ3v) is 2.69. The second kappa shape index (κ2) is 13.1. The lowest BCUT2D eigenvalue weighted by Gasteiger charge is -2.11. The minimum absolute atomic E-state index is 0.145. The Kier molecular flexibility index (Phi) is 13.0. The summed E-state index contributed by atoms with van der Waals surface area (Å²) in [6, 6.07) is -2.90. The average Bonchev–Trinajstić information content (AvgIpc) is 2.50. The van der Waals surface area contributed by atoms with Gasteiger partial charge in [-0.1, -0.05) is 0 Å². The topological polar surface area (TPSA) is 241 Å². The summed E-state index contributed by atoms with van der Waals surface area (Å²) in [5, 5.41) is 26.0. The summed E-state index contributed by atoms with van der Waals surface area (Å²) in [4.78, 5) is 32.1. The van der Waals surface area contributed by atoms with Gasteiger partial charge in [-0.3, -0.25) is 10.2 Å². The average molecular weight is 364 g/mol. The number of nitrogens with two attached hydrogens (primary N) is 4. The van der Waals surface area contributed by atoms with Crippen molar-refractivity contribution >= 4 is 23.9 Å². The fraction of sp³-hybridized carbons (Fsp3) is 0.692. The van der Waals surface area contributed by atoms with Crippen LogP contribution in [-0.4, -0.2) is 64.9 Å². The van der Waals surface area contributed by atoms with Crippen molar-refractivity contribution in [1.82, 2.24) is 5.32 Å². The van der Waals surface area contributed by atoms with Gasteiger partial charge in [-0.05, 0) is 26.7 Å². The molecule has 12 heteroatoms. The second-order valence-electron chi connectivity index (χ2n) is 5.22. The smallest absolute Gasteiger partial charge is 0.330 e. The molecule has 0 fully saturated rings. The van der Waals surface area contributed by atoms with Gasteiger partial charge in [0.1, 0.15) is 18.1 Å². The fourth-order valence-electron chi connectivity index (χ4n) is 1.14. The van der Waals surface area contributed by atoms with Crippen molar-refractivity contribution in [3.63, 3.8) is 0 Å². The van der Waals surface area contributed by atoms with E-state index in [1.165, 1.54) is 13.8 Å². The Balaban J connectivity index is 0. The van der Waals surface area contributed by atoms with E-state index in [2.05, 4.69) is 10.1 Å². The van der Waals surface area contributed by atoms with Gasteiger partial charge in [-0.2, -0.15) is 0 Å². The molecule has 0 aromatic heterocycles. The predicted molar refractivity (Wildman–Crippen MR) is 89.2 cm³/mol. The van der Waals surface area contributed by atoms with Gasteiger partial charge in [0.15, 0.2) is 5.96 Å². The maximum absolute atomic E-state index is 11.3. The molecule has 0 heterocycles. The number of nitrogens with one attached hydrogen (secondary N) is 2. The van der Waals surface area contributed by atoms with Crippen LogP contribution in [0.1, 0.15) is 26.7 Å². The Labute approximate surface area is 145 Å². The summed E-state index contributed by atoms with van der Waals surface area (Å²) in [6.07, 6.45) is -0.124. The van der Waals surface area contributed by atoms with Crippen molar-refractivity contribution in [3.8, 4) is 0 Å². The zero-order valence-corrected chi connectivity index (χ0v) is 14.3. The lowest BCUT2D eigenvalue weighted by molar-refractivity contribution is -0.161. The molecule has 0 saturated carbocycles. The highest BCUT2D eigenvalue weighted by molar-refractivity contribution is 5.90. The second-order valence-corrected chi connectivity index (χ2v) is 5.22. The number of hydrogen-bond donors (Lipinski definition) is 8. The van der Waals surface area contributed by atoms with Crippen LogP contribution in [0.4, 0.5) is 0 Å². The first-order chi connectivity index (χ1) is 11.4. The van der Waals surface area contributed by atoms with Gasteiger partial charge in [-0.15, -0.1) is 0 Å². The van der Waals surface area contributed by atoms with E-state index in [4.69, 9.17) is 38.6 Å². The SMILES string of the molecule is C[C@@H](O)[C@H](N)C(=O)O.C[C@H](N)C(=O)OC(=O)[C@@H](N)CCCNC(=N)N. The lowest BCUT2D eigenvalue weighted by atomic mass is 10.2. The molecule has 0 radical (unpaired) electrons. The molecule has 0 saturated heterocycles. The van der Waals surface area contributed by atoms with Gasteiger partial charge >= 0.3 is 17.9 Å². The van der Waals surface area contributed by atoms with Crippen molar-refractivity contribution in [3.05, 3.63) is 0 Å². The number of hydrogen-bond acceptors (Lipinski definition) is 9. The van der Waals surface area contributed by atoms with E-state index < -0.39 is 42.1 Å². The standard InChI is InChI=1S/C9H19N5O3.C4H9NO3/c1-5(10)7(15)17-8(16)6(11)3-2-4-14-9(12)13;1-2(6)3(5)4(7)8/h5-6H,2-4,10-11H2,1H3,(H4,12,13,14);2-3,6H,5H2,1H3,(H,7,8)/t5-,6-;2-,3+/m01/s1. The number of aliphatic carboxylic acids is 1. The van der Waals surface area contributed by atoms with E-state index in [0.717, 1.165) is 0 Å². The molecule has 0 aromatic carbocycles. The highest BCUT2D eigenvalue weighted by Crippen LogP contribution is 1.97. The molecule has 146 valence electrons. The zero-order chi connectivity index (χ0) is 20.2. The third-order valence-electron chi connectivity index (χ3n) is 2.69. The van der Waals surface area contributed by atoms with Gasteiger partial charge in [0.2, 0.25) is 0 Å². The van der Waals surface area contributed by atoms with Crippen LogP contribution < -0.4 is 28.3 Å². The van der Waals surface area contributed by atoms with Gasteiger partial charge < -0.3 is 43.2 Å². The highest BCUT2D eigenvalue weighted by Gasteiger charge is 2.20. The summed E-state index contributed by atoms with van der Waals surface area (Å²) in [7, 11) is 0. The summed E-state index contributed by atoms with van der Waals surface area (Å²) in [6.45, 7) is 3.17. The van der Waals surface area contributed by atoms with Crippen LogP contribution in [-0.2, 0) is 19.1 Å². The molecule has 0 aromatic rings.